The molecular formula is C29H36N4O6S. The Bertz CT molecular complexity index is 1520. The standard InChI is InChI=1S/C29H36N4O6S/c1-8-29(9-2)22-14-19(10-13-23(22)33(26(29)35)27(36)39-28(5,6)7)16-30-32(17-18(3)4)25-21-12-11-20(34)15-24(21)40(37,38)31-25/h10-16,18,34H,8-9,17H2,1-7H3/b30-16+. The van der Waals surface area contributed by atoms with Crippen LogP contribution in [0.15, 0.2) is 50.8 Å². The number of sulfonamides is 1. The van der Waals surface area contributed by atoms with Gasteiger partial charge in [-0.1, -0.05) is 33.8 Å². The van der Waals surface area contributed by atoms with Crippen LogP contribution in [0.25, 0.3) is 0 Å². The Labute approximate surface area is 235 Å². The molecule has 0 atom stereocenters. The van der Waals surface area contributed by atoms with E-state index in [9.17, 15) is 23.1 Å². The van der Waals surface area contributed by atoms with Gasteiger partial charge in [-0.3, -0.25) is 4.79 Å². The van der Waals surface area contributed by atoms with Crippen molar-refractivity contribution < 1.29 is 27.9 Å². The number of hydrazone groups is 1. The molecule has 11 heteroatoms. The summed E-state index contributed by atoms with van der Waals surface area (Å²) in [5, 5.41) is 16.0. The van der Waals surface area contributed by atoms with Gasteiger partial charge in [-0.25, -0.2) is 14.7 Å². The second-order valence-corrected chi connectivity index (χ2v) is 13.1. The summed E-state index contributed by atoms with van der Waals surface area (Å²) in [6.45, 7) is 13.4. The zero-order chi connectivity index (χ0) is 29.6. The number of ether oxygens (including phenoxy) is 1. The largest absolute Gasteiger partial charge is 0.508 e. The molecule has 1 N–H and O–H groups in total. The van der Waals surface area contributed by atoms with Crippen molar-refractivity contribution in [3.05, 3.63) is 53.1 Å². The van der Waals surface area contributed by atoms with Crippen LogP contribution in [-0.2, 0) is 25.0 Å². The average molecular weight is 569 g/mol. The minimum Gasteiger partial charge on any atom is -0.508 e. The quantitative estimate of drug-likeness (QED) is 0.376. The predicted octanol–water partition coefficient (Wildman–Crippen LogP) is 5.17. The van der Waals surface area contributed by atoms with Crippen LogP contribution in [0.3, 0.4) is 0 Å². The van der Waals surface area contributed by atoms with Crippen LogP contribution >= 0.6 is 0 Å². The van der Waals surface area contributed by atoms with Crippen LogP contribution < -0.4 is 4.90 Å². The minimum atomic E-state index is -3.98. The van der Waals surface area contributed by atoms with E-state index in [2.05, 4.69) is 9.50 Å². The Morgan fingerprint density at radius 2 is 1.85 bits per heavy atom. The maximum atomic E-state index is 13.6. The molecule has 0 radical (unpaired) electrons. The van der Waals surface area contributed by atoms with Gasteiger partial charge in [-0.15, -0.1) is 4.40 Å². The second-order valence-electron chi connectivity index (χ2n) is 11.5. The maximum absolute atomic E-state index is 13.6. The molecule has 0 saturated heterocycles. The van der Waals surface area contributed by atoms with E-state index in [1.54, 1.807) is 39.1 Å². The number of aromatic hydroxyl groups is 1. The maximum Gasteiger partial charge on any atom is 0.421 e. The third-order valence-electron chi connectivity index (χ3n) is 6.99. The molecule has 2 aromatic carbocycles. The fourth-order valence-corrected chi connectivity index (χ4v) is 6.28. The SMILES string of the molecule is CCC1(CC)C(=O)N(C(=O)OC(C)(C)C)c2ccc(/C=N/N(CC(C)C)C3=NS(=O)(=O)c4cc(O)ccc43)cc21. The van der Waals surface area contributed by atoms with Crippen molar-refractivity contribution in [3.8, 4) is 5.75 Å². The van der Waals surface area contributed by atoms with E-state index in [0.717, 1.165) is 4.90 Å². The summed E-state index contributed by atoms with van der Waals surface area (Å²) < 4.78 is 34.9. The first-order chi connectivity index (χ1) is 18.6. The van der Waals surface area contributed by atoms with Crippen LogP contribution in [-0.4, -0.2) is 54.7 Å². The van der Waals surface area contributed by atoms with Crippen LogP contribution in [0.4, 0.5) is 10.5 Å². The van der Waals surface area contributed by atoms with Gasteiger partial charge >= 0.3 is 6.09 Å². The fraction of sp³-hybridized carbons (Fsp3) is 0.448. The normalized spacial score (nSPS) is 17.2. The molecule has 10 nitrogen and oxygen atoms in total. The minimum absolute atomic E-state index is 0.0691. The van der Waals surface area contributed by atoms with E-state index < -0.39 is 27.1 Å². The van der Waals surface area contributed by atoms with Crippen LogP contribution in [0, 0.1) is 5.92 Å². The molecule has 0 aromatic heterocycles. The first-order valence-corrected chi connectivity index (χ1v) is 14.8. The highest BCUT2D eigenvalue weighted by atomic mass is 32.2. The Kier molecular flexibility index (Phi) is 7.57. The third-order valence-corrected chi connectivity index (χ3v) is 8.30. The lowest BCUT2D eigenvalue weighted by molar-refractivity contribution is -0.123. The van der Waals surface area contributed by atoms with Gasteiger partial charge in [0.25, 0.3) is 10.0 Å². The number of amides is 2. The van der Waals surface area contributed by atoms with Gasteiger partial charge in [-0.05, 0) is 74.9 Å². The zero-order valence-electron chi connectivity index (χ0n) is 23.9. The number of nitrogens with zero attached hydrogens (tertiary/aromatic N) is 4. The number of anilines is 1. The van der Waals surface area contributed by atoms with Crippen LogP contribution in [0.5, 0.6) is 5.75 Å². The predicted molar refractivity (Wildman–Crippen MR) is 153 cm³/mol. The van der Waals surface area contributed by atoms with Crippen LogP contribution in [0.1, 0.15) is 78.0 Å². The number of phenols is 1. The lowest BCUT2D eigenvalue weighted by Gasteiger charge is -2.27. The molecule has 0 unspecified atom stereocenters. The van der Waals surface area contributed by atoms with E-state index in [4.69, 9.17) is 4.74 Å². The van der Waals surface area contributed by atoms with Gasteiger partial charge in [0.2, 0.25) is 5.91 Å². The summed E-state index contributed by atoms with van der Waals surface area (Å²) in [5.74, 6) is -0.191. The van der Waals surface area contributed by atoms with E-state index in [0.29, 0.717) is 41.8 Å². The number of carbonyl (C=O) groups is 2. The van der Waals surface area contributed by atoms with Crippen molar-refractivity contribution in [2.75, 3.05) is 11.4 Å². The molecule has 0 aliphatic carbocycles. The Morgan fingerprint density at radius 3 is 2.45 bits per heavy atom. The van der Waals surface area contributed by atoms with E-state index in [1.807, 2.05) is 33.8 Å². The summed E-state index contributed by atoms with van der Waals surface area (Å²) in [7, 11) is -3.98. The number of carbonyl (C=O) groups excluding carboxylic acids is 2. The second kappa shape index (κ2) is 10.3. The van der Waals surface area contributed by atoms with E-state index in [-0.39, 0.29) is 28.3 Å². The molecule has 0 saturated carbocycles. The summed E-state index contributed by atoms with van der Waals surface area (Å²) >= 11 is 0. The Balaban J connectivity index is 1.75. The number of rotatable bonds is 6. The van der Waals surface area contributed by atoms with Crippen molar-refractivity contribution in [1.29, 1.82) is 0 Å². The number of fused-ring (bicyclic) bond motifs is 2. The van der Waals surface area contributed by atoms with Gasteiger partial charge in [0.05, 0.1) is 17.3 Å². The summed E-state index contributed by atoms with van der Waals surface area (Å²) in [6, 6.07) is 9.42. The van der Waals surface area contributed by atoms with Crippen LogP contribution in [0.2, 0.25) is 0 Å². The fourth-order valence-electron chi connectivity index (χ4n) is 5.05. The van der Waals surface area contributed by atoms with Crippen molar-refractivity contribution in [2.45, 2.75) is 77.2 Å². The molecule has 0 fully saturated rings. The number of imide groups is 1. The molecule has 2 amide bonds. The van der Waals surface area contributed by atoms with Gasteiger partial charge in [-0.2, -0.15) is 13.5 Å². The molecule has 0 bridgehead atoms. The third kappa shape index (κ3) is 5.22. The average Bonchev–Trinajstić information content (AvgIpc) is 3.27. The topological polar surface area (TPSA) is 129 Å². The van der Waals surface area contributed by atoms with E-state index >= 15 is 0 Å². The number of hydrogen-bond donors (Lipinski definition) is 1. The highest BCUT2D eigenvalue weighted by molar-refractivity contribution is 7.90. The Hall–Kier alpha value is -3.73. The monoisotopic (exact) mass is 568 g/mol. The molecule has 2 aliphatic rings. The highest BCUT2D eigenvalue weighted by Gasteiger charge is 2.51. The first kappa shape index (κ1) is 29.3. The molecular weight excluding hydrogens is 532 g/mol. The van der Waals surface area contributed by atoms with Crippen molar-refractivity contribution in [2.24, 2.45) is 15.4 Å². The highest BCUT2D eigenvalue weighted by Crippen LogP contribution is 2.47. The van der Waals surface area contributed by atoms with Gasteiger partial charge in [0.1, 0.15) is 16.2 Å². The molecule has 4 rings (SSSR count). The molecule has 0 spiro atoms. The number of amidine groups is 1. The van der Waals surface area contributed by atoms with Crippen molar-refractivity contribution in [3.63, 3.8) is 0 Å². The summed E-state index contributed by atoms with van der Waals surface area (Å²) in [5.41, 5.74) is 0.581. The molecule has 2 aromatic rings. The first-order valence-electron chi connectivity index (χ1n) is 13.4. The lowest BCUT2D eigenvalue weighted by atomic mass is 9.76. The van der Waals surface area contributed by atoms with Gasteiger partial charge < -0.3 is 9.84 Å². The van der Waals surface area contributed by atoms with Crippen molar-refractivity contribution >= 4 is 39.8 Å². The van der Waals surface area contributed by atoms with E-state index in [1.165, 1.54) is 23.2 Å². The summed E-state index contributed by atoms with van der Waals surface area (Å²) in [6.07, 6.45) is 1.87. The van der Waals surface area contributed by atoms with Gasteiger partial charge in [0, 0.05) is 18.2 Å². The number of hydrogen-bond acceptors (Lipinski definition) is 8. The summed E-state index contributed by atoms with van der Waals surface area (Å²) in [4.78, 5) is 27.8. The number of phenolic OH excluding ortho intramolecular Hbond substituents is 1. The van der Waals surface area contributed by atoms with Crippen molar-refractivity contribution in [1.82, 2.24) is 5.01 Å². The molecule has 214 valence electrons. The van der Waals surface area contributed by atoms with Gasteiger partial charge in [0.15, 0.2) is 5.84 Å². The molecule has 2 heterocycles. The smallest absolute Gasteiger partial charge is 0.421 e. The molecule has 2 aliphatic heterocycles. The Morgan fingerprint density at radius 1 is 1.18 bits per heavy atom. The number of benzene rings is 2. The lowest BCUT2D eigenvalue weighted by Crippen LogP contribution is -2.44. The molecule has 40 heavy (non-hydrogen) atoms. The zero-order valence-corrected chi connectivity index (χ0v) is 24.7.